The van der Waals surface area contributed by atoms with Crippen LogP contribution in [0.2, 0.25) is 0 Å². The van der Waals surface area contributed by atoms with Crippen molar-refractivity contribution in [1.29, 1.82) is 0 Å². The molecular weight excluding hydrogens is 388 g/mol. The number of aliphatic hydroxyl groups is 1. The molecule has 0 bridgehead atoms. The van der Waals surface area contributed by atoms with Crippen molar-refractivity contribution in [2.75, 3.05) is 26.2 Å². The number of aryl methyl sites for hydroxylation is 2. The number of nitrogens with zero attached hydrogens (tertiary/aromatic N) is 4. The molecule has 2 heterocycles. The number of nitrogens with one attached hydrogen (secondary N) is 2. The van der Waals surface area contributed by atoms with Gasteiger partial charge in [-0.1, -0.05) is 24.3 Å². The minimum absolute atomic E-state index is 0.204. The van der Waals surface area contributed by atoms with Crippen molar-refractivity contribution < 1.29 is 5.11 Å². The molecule has 2 aromatic rings. The number of hydrogen-bond acceptors (Lipinski definition) is 4. The summed E-state index contributed by atoms with van der Waals surface area (Å²) < 4.78 is 1.94. The van der Waals surface area contributed by atoms with Crippen LogP contribution >= 0.6 is 0 Å². The monoisotopic (exact) mass is 426 g/mol. The summed E-state index contributed by atoms with van der Waals surface area (Å²) in [5.41, 5.74) is 6.36. The van der Waals surface area contributed by atoms with E-state index in [0.717, 1.165) is 44.1 Å². The molecule has 0 saturated heterocycles. The van der Waals surface area contributed by atoms with Gasteiger partial charge in [0.25, 0.3) is 0 Å². The van der Waals surface area contributed by atoms with Crippen LogP contribution in [0.1, 0.15) is 41.9 Å². The smallest absolute Gasteiger partial charge is 0.191 e. The van der Waals surface area contributed by atoms with Gasteiger partial charge in [-0.05, 0) is 57.2 Å². The van der Waals surface area contributed by atoms with E-state index in [1.165, 1.54) is 22.4 Å². The number of aromatic nitrogens is 2. The molecule has 7 heteroatoms. The number of aliphatic hydroxyl groups excluding tert-OH is 1. The highest BCUT2D eigenvalue weighted by molar-refractivity contribution is 5.80. The molecular formula is C24H38N6O. The van der Waals surface area contributed by atoms with Gasteiger partial charge in [0.1, 0.15) is 0 Å². The first-order valence-electron chi connectivity index (χ1n) is 11.4. The predicted octanol–water partition coefficient (Wildman–Crippen LogP) is 1.94. The SMILES string of the molecule is CCNC(=NCC(O)CN1CCc2ccccc2C1)NC(C)Cc1c(C)nn(C)c1C. The van der Waals surface area contributed by atoms with Gasteiger partial charge in [-0.25, -0.2) is 0 Å². The Bertz CT molecular complexity index is 890. The van der Waals surface area contributed by atoms with Crippen LogP contribution in [-0.4, -0.2) is 64.1 Å². The molecule has 2 atom stereocenters. The van der Waals surface area contributed by atoms with Crippen molar-refractivity contribution in [3.05, 3.63) is 52.3 Å². The molecule has 31 heavy (non-hydrogen) atoms. The number of hydrogen-bond donors (Lipinski definition) is 3. The van der Waals surface area contributed by atoms with Crippen molar-refractivity contribution in [3.63, 3.8) is 0 Å². The fourth-order valence-electron chi connectivity index (χ4n) is 4.29. The Morgan fingerprint density at radius 2 is 2.00 bits per heavy atom. The molecule has 1 aromatic carbocycles. The van der Waals surface area contributed by atoms with Crippen LogP contribution in [0.4, 0.5) is 0 Å². The maximum atomic E-state index is 10.6. The molecule has 0 fully saturated rings. The largest absolute Gasteiger partial charge is 0.390 e. The minimum Gasteiger partial charge on any atom is -0.390 e. The molecule has 170 valence electrons. The van der Waals surface area contributed by atoms with Crippen molar-refractivity contribution >= 4 is 5.96 Å². The fraction of sp³-hybridized carbons (Fsp3) is 0.583. The van der Waals surface area contributed by atoms with Gasteiger partial charge in [-0.15, -0.1) is 0 Å². The molecule has 0 radical (unpaired) electrons. The summed E-state index contributed by atoms with van der Waals surface area (Å²) in [6.07, 6.45) is 1.44. The van der Waals surface area contributed by atoms with E-state index in [-0.39, 0.29) is 6.04 Å². The first-order valence-corrected chi connectivity index (χ1v) is 11.4. The van der Waals surface area contributed by atoms with Gasteiger partial charge in [0, 0.05) is 45.0 Å². The summed E-state index contributed by atoms with van der Waals surface area (Å²) in [7, 11) is 1.98. The second-order valence-corrected chi connectivity index (χ2v) is 8.65. The summed E-state index contributed by atoms with van der Waals surface area (Å²) in [6.45, 7) is 12.1. The zero-order valence-electron chi connectivity index (χ0n) is 19.6. The van der Waals surface area contributed by atoms with Gasteiger partial charge in [0.15, 0.2) is 5.96 Å². The van der Waals surface area contributed by atoms with E-state index in [1.807, 2.05) is 11.7 Å². The third-order valence-electron chi connectivity index (χ3n) is 6.04. The van der Waals surface area contributed by atoms with Crippen LogP contribution in [0, 0.1) is 13.8 Å². The molecule has 3 N–H and O–H groups in total. The van der Waals surface area contributed by atoms with E-state index in [1.54, 1.807) is 0 Å². The lowest BCUT2D eigenvalue weighted by Gasteiger charge is -2.30. The molecule has 2 unspecified atom stereocenters. The summed E-state index contributed by atoms with van der Waals surface area (Å²) >= 11 is 0. The Hall–Kier alpha value is -2.38. The number of β-amino-alcohol motifs (C(OH)–C–C–N with tert-alkyl or cyclic N) is 1. The third-order valence-corrected chi connectivity index (χ3v) is 6.04. The molecule has 0 amide bonds. The van der Waals surface area contributed by atoms with Crippen molar-refractivity contribution in [3.8, 4) is 0 Å². The van der Waals surface area contributed by atoms with E-state index in [2.05, 4.69) is 77.6 Å². The normalized spacial score (nSPS) is 16.6. The highest BCUT2D eigenvalue weighted by atomic mass is 16.3. The first-order chi connectivity index (χ1) is 14.9. The van der Waals surface area contributed by atoms with Gasteiger partial charge < -0.3 is 15.7 Å². The topological polar surface area (TPSA) is 77.7 Å². The second-order valence-electron chi connectivity index (χ2n) is 8.65. The molecule has 1 aliphatic heterocycles. The van der Waals surface area contributed by atoms with Gasteiger partial charge >= 0.3 is 0 Å². The van der Waals surface area contributed by atoms with Crippen molar-refractivity contribution in [1.82, 2.24) is 25.3 Å². The number of rotatable bonds is 8. The van der Waals surface area contributed by atoms with Crippen LogP contribution in [0.5, 0.6) is 0 Å². The maximum absolute atomic E-state index is 10.6. The molecule has 7 nitrogen and oxygen atoms in total. The highest BCUT2D eigenvalue weighted by Gasteiger charge is 2.19. The maximum Gasteiger partial charge on any atom is 0.191 e. The summed E-state index contributed by atoms with van der Waals surface area (Å²) in [4.78, 5) is 6.97. The van der Waals surface area contributed by atoms with Crippen LogP contribution in [0.15, 0.2) is 29.3 Å². The van der Waals surface area contributed by atoms with Gasteiger partial charge in [-0.3, -0.25) is 14.6 Å². The van der Waals surface area contributed by atoms with E-state index >= 15 is 0 Å². The number of guanidine groups is 1. The number of benzene rings is 1. The Kier molecular flexibility index (Phi) is 8.09. The van der Waals surface area contributed by atoms with E-state index in [0.29, 0.717) is 13.1 Å². The van der Waals surface area contributed by atoms with Crippen molar-refractivity contribution in [2.45, 2.75) is 59.2 Å². The Morgan fingerprint density at radius 1 is 1.26 bits per heavy atom. The third kappa shape index (κ3) is 6.31. The van der Waals surface area contributed by atoms with E-state index in [9.17, 15) is 5.11 Å². The molecule has 1 aromatic heterocycles. The summed E-state index contributed by atoms with van der Waals surface area (Å²) in [5, 5.41) is 21.9. The van der Waals surface area contributed by atoms with Gasteiger partial charge in [0.05, 0.1) is 18.3 Å². The predicted molar refractivity (Wildman–Crippen MR) is 126 cm³/mol. The van der Waals surface area contributed by atoms with Crippen LogP contribution in [-0.2, 0) is 26.4 Å². The Morgan fingerprint density at radius 3 is 2.68 bits per heavy atom. The van der Waals surface area contributed by atoms with Crippen molar-refractivity contribution in [2.24, 2.45) is 12.0 Å². The minimum atomic E-state index is -0.487. The van der Waals surface area contributed by atoms with Crippen LogP contribution in [0.3, 0.4) is 0 Å². The second kappa shape index (κ2) is 10.8. The fourth-order valence-corrected chi connectivity index (χ4v) is 4.29. The zero-order valence-corrected chi connectivity index (χ0v) is 19.6. The lowest BCUT2D eigenvalue weighted by molar-refractivity contribution is 0.111. The molecule has 1 aliphatic rings. The quantitative estimate of drug-likeness (QED) is 0.444. The molecule has 0 aliphatic carbocycles. The van der Waals surface area contributed by atoms with Gasteiger partial charge in [-0.2, -0.15) is 5.10 Å². The lowest BCUT2D eigenvalue weighted by Crippen LogP contribution is -2.44. The highest BCUT2D eigenvalue weighted by Crippen LogP contribution is 2.18. The Balaban J connectivity index is 1.52. The first kappa shape index (κ1) is 23.3. The number of aliphatic imine (C=N–C) groups is 1. The molecule has 3 rings (SSSR count). The molecule has 0 saturated carbocycles. The number of fused-ring (bicyclic) bond motifs is 1. The van der Waals surface area contributed by atoms with Crippen LogP contribution in [0.25, 0.3) is 0 Å². The molecule has 0 spiro atoms. The Labute approximate surface area is 186 Å². The average molecular weight is 427 g/mol. The zero-order chi connectivity index (χ0) is 22.4. The average Bonchev–Trinajstić information content (AvgIpc) is 2.98. The standard InChI is InChI=1S/C24H38N6O/c1-6-25-24(27-17(2)13-23-18(3)28-29(5)19(23)4)26-14-22(31)16-30-12-11-20-9-7-8-10-21(20)15-30/h7-10,17,22,31H,6,11-16H2,1-5H3,(H2,25,26,27). The summed E-state index contributed by atoms with van der Waals surface area (Å²) in [6, 6.07) is 8.79. The van der Waals surface area contributed by atoms with Crippen LogP contribution < -0.4 is 10.6 Å². The van der Waals surface area contributed by atoms with E-state index in [4.69, 9.17) is 0 Å². The summed E-state index contributed by atoms with van der Waals surface area (Å²) in [5.74, 6) is 0.747. The lowest BCUT2D eigenvalue weighted by atomic mass is 10.00. The van der Waals surface area contributed by atoms with Gasteiger partial charge in [0.2, 0.25) is 0 Å². The van der Waals surface area contributed by atoms with E-state index < -0.39 is 6.10 Å².